The van der Waals surface area contributed by atoms with Crippen LogP contribution < -0.4 is 10.6 Å². The summed E-state index contributed by atoms with van der Waals surface area (Å²) in [6, 6.07) is 4.73. The molecule has 1 saturated heterocycles. The number of piperidine rings is 1. The minimum atomic E-state index is -0.519. The molecule has 1 aliphatic heterocycles. The average molecular weight is 555 g/mol. The molecule has 184 valence electrons. The molecule has 34 heavy (non-hydrogen) atoms. The van der Waals surface area contributed by atoms with Gasteiger partial charge in [-0.3, -0.25) is 9.59 Å². The number of aromatic nitrogens is 2. The Bertz CT molecular complexity index is 1070. The summed E-state index contributed by atoms with van der Waals surface area (Å²) in [4.78, 5) is 43.0. The summed E-state index contributed by atoms with van der Waals surface area (Å²) in [7, 11) is 1.72. The lowest BCUT2D eigenvalue weighted by Crippen LogP contribution is -2.43. The summed E-state index contributed by atoms with van der Waals surface area (Å²) in [6.45, 7) is 7.22. The van der Waals surface area contributed by atoms with Crippen LogP contribution in [0.2, 0.25) is 5.02 Å². The van der Waals surface area contributed by atoms with Crippen LogP contribution in [0.5, 0.6) is 0 Å². The normalized spacial score (nSPS) is 14.6. The summed E-state index contributed by atoms with van der Waals surface area (Å²) >= 11 is 9.62. The molecule has 3 amide bonds. The molecule has 1 fully saturated rings. The van der Waals surface area contributed by atoms with E-state index < -0.39 is 5.60 Å². The molecule has 9 nitrogen and oxygen atoms in total. The van der Waals surface area contributed by atoms with Gasteiger partial charge in [0, 0.05) is 32.4 Å². The van der Waals surface area contributed by atoms with Gasteiger partial charge in [-0.25, -0.2) is 9.78 Å². The molecule has 0 saturated carbocycles. The second kappa shape index (κ2) is 10.8. The second-order valence-corrected chi connectivity index (χ2v) is 10.5. The van der Waals surface area contributed by atoms with Crippen LogP contribution >= 0.6 is 27.5 Å². The summed E-state index contributed by atoms with van der Waals surface area (Å²) < 4.78 is 7.70. The fourth-order valence-electron chi connectivity index (χ4n) is 3.54. The largest absolute Gasteiger partial charge is 0.444 e. The van der Waals surface area contributed by atoms with E-state index in [9.17, 15) is 14.4 Å². The molecule has 1 aliphatic rings. The predicted octanol–water partition coefficient (Wildman–Crippen LogP) is 4.47. The van der Waals surface area contributed by atoms with Crippen molar-refractivity contribution in [2.45, 2.75) is 39.2 Å². The monoisotopic (exact) mass is 553 g/mol. The number of hydrogen-bond donors (Lipinski definition) is 2. The topological polar surface area (TPSA) is 106 Å². The van der Waals surface area contributed by atoms with Crippen molar-refractivity contribution < 1.29 is 19.1 Å². The first kappa shape index (κ1) is 26.0. The Labute approximate surface area is 212 Å². The number of ether oxygens (including phenoxy) is 1. The van der Waals surface area contributed by atoms with Crippen molar-refractivity contribution in [3.63, 3.8) is 0 Å². The lowest BCUT2D eigenvalue weighted by atomic mass is 9.97. The Kier molecular flexibility index (Phi) is 8.25. The molecule has 3 rings (SSSR count). The molecule has 1 aromatic carbocycles. The zero-order valence-electron chi connectivity index (χ0n) is 19.7. The van der Waals surface area contributed by atoms with Gasteiger partial charge in [0.05, 0.1) is 16.8 Å². The molecular formula is C23H29BrClN5O4. The van der Waals surface area contributed by atoms with Gasteiger partial charge in [0.15, 0.2) is 5.82 Å². The third-order valence-electron chi connectivity index (χ3n) is 5.42. The quantitative estimate of drug-likeness (QED) is 0.568. The first-order chi connectivity index (χ1) is 15.9. The van der Waals surface area contributed by atoms with Crippen molar-refractivity contribution in [1.29, 1.82) is 0 Å². The number of carbonyl (C=O) groups is 3. The number of likely N-dealkylation sites (tertiary alicyclic amines) is 1. The number of imidazole rings is 1. The minimum absolute atomic E-state index is 0.232. The molecule has 0 spiro atoms. The SMILES string of the molecule is Cn1c(Br)cnc1C(=O)Nc1ccc(C(=O)NCC2CCN(C(=O)OC(C)(C)C)CC2)c(Cl)c1. The summed E-state index contributed by atoms with van der Waals surface area (Å²) in [5.74, 6) is -0.177. The molecule has 2 heterocycles. The van der Waals surface area contributed by atoms with Gasteiger partial charge >= 0.3 is 6.09 Å². The molecular weight excluding hydrogens is 526 g/mol. The highest BCUT2D eigenvalue weighted by atomic mass is 79.9. The minimum Gasteiger partial charge on any atom is -0.444 e. The molecule has 2 aromatic rings. The Hall–Kier alpha value is -2.59. The fourth-order valence-corrected chi connectivity index (χ4v) is 4.08. The van der Waals surface area contributed by atoms with Crippen molar-refractivity contribution >= 4 is 51.1 Å². The molecule has 2 N–H and O–H groups in total. The number of halogens is 2. The maximum absolute atomic E-state index is 12.7. The van der Waals surface area contributed by atoms with Crippen LogP contribution in [0.4, 0.5) is 10.5 Å². The smallest absolute Gasteiger partial charge is 0.410 e. The average Bonchev–Trinajstić information content (AvgIpc) is 3.09. The van der Waals surface area contributed by atoms with Gasteiger partial charge in [-0.05, 0) is 73.7 Å². The molecule has 0 aliphatic carbocycles. The van der Waals surface area contributed by atoms with Crippen molar-refractivity contribution in [3.05, 3.63) is 45.4 Å². The van der Waals surface area contributed by atoms with Gasteiger partial charge in [-0.15, -0.1) is 0 Å². The van der Waals surface area contributed by atoms with Crippen molar-refractivity contribution in [2.24, 2.45) is 13.0 Å². The zero-order chi connectivity index (χ0) is 25.0. The van der Waals surface area contributed by atoms with Crippen LogP contribution in [0.25, 0.3) is 0 Å². The number of carbonyl (C=O) groups excluding carboxylic acids is 3. The highest BCUT2D eigenvalue weighted by Gasteiger charge is 2.27. The van der Waals surface area contributed by atoms with Gasteiger partial charge in [-0.1, -0.05) is 11.6 Å². The van der Waals surface area contributed by atoms with Crippen LogP contribution in [0, 0.1) is 5.92 Å². The number of anilines is 1. The standard InChI is InChI=1S/C23H29BrClN5O4/c1-23(2,3)34-22(33)30-9-7-14(8-10-30)12-27-20(31)16-6-5-15(11-17(16)25)28-21(32)19-26-13-18(24)29(19)4/h5-6,11,13-14H,7-10,12H2,1-4H3,(H,27,31)(H,28,32). The van der Waals surface area contributed by atoms with Gasteiger partial charge in [0.1, 0.15) is 10.2 Å². The van der Waals surface area contributed by atoms with E-state index >= 15 is 0 Å². The number of nitrogens with zero attached hydrogens (tertiary/aromatic N) is 3. The molecule has 11 heteroatoms. The Morgan fingerprint density at radius 1 is 1.21 bits per heavy atom. The van der Waals surface area contributed by atoms with Crippen LogP contribution in [-0.2, 0) is 11.8 Å². The van der Waals surface area contributed by atoms with E-state index in [1.54, 1.807) is 28.6 Å². The second-order valence-electron chi connectivity index (χ2n) is 9.23. The van der Waals surface area contributed by atoms with Crippen molar-refractivity contribution in [1.82, 2.24) is 19.8 Å². The van der Waals surface area contributed by atoms with Gasteiger partial charge in [0.2, 0.25) is 0 Å². The van der Waals surface area contributed by atoms with Crippen molar-refractivity contribution in [3.8, 4) is 0 Å². The number of benzene rings is 1. The number of rotatable bonds is 5. The Balaban J connectivity index is 1.50. The predicted molar refractivity (Wildman–Crippen MR) is 133 cm³/mol. The lowest BCUT2D eigenvalue weighted by Gasteiger charge is -2.33. The lowest BCUT2D eigenvalue weighted by molar-refractivity contribution is 0.0183. The van der Waals surface area contributed by atoms with Crippen molar-refractivity contribution in [2.75, 3.05) is 25.0 Å². The summed E-state index contributed by atoms with van der Waals surface area (Å²) in [6.07, 6.45) is 2.80. The van der Waals surface area contributed by atoms with E-state index in [1.807, 2.05) is 20.8 Å². The van der Waals surface area contributed by atoms with Gasteiger partial charge < -0.3 is 24.8 Å². The summed E-state index contributed by atoms with van der Waals surface area (Å²) in [5, 5.41) is 5.89. The molecule has 0 unspecified atom stereocenters. The van der Waals surface area contributed by atoms with Crippen LogP contribution in [0.1, 0.15) is 54.6 Å². The van der Waals surface area contributed by atoms with E-state index in [0.717, 1.165) is 12.8 Å². The molecule has 1 aromatic heterocycles. The maximum atomic E-state index is 12.7. The van der Waals surface area contributed by atoms with E-state index in [4.69, 9.17) is 16.3 Å². The molecule has 0 bridgehead atoms. The number of hydrogen-bond acceptors (Lipinski definition) is 5. The third-order valence-corrected chi connectivity index (χ3v) is 6.47. The zero-order valence-corrected chi connectivity index (χ0v) is 22.0. The highest BCUT2D eigenvalue weighted by molar-refractivity contribution is 9.10. The van der Waals surface area contributed by atoms with E-state index in [0.29, 0.717) is 35.5 Å². The first-order valence-corrected chi connectivity index (χ1v) is 12.2. The molecule has 0 atom stereocenters. The van der Waals surface area contributed by atoms with Crippen LogP contribution in [0.3, 0.4) is 0 Å². The molecule has 0 radical (unpaired) electrons. The highest BCUT2D eigenvalue weighted by Crippen LogP contribution is 2.23. The van der Waals surface area contributed by atoms with Gasteiger partial charge in [0.25, 0.3) is 11.8 Å². The van der Waals surface area contributed by atoms with Crippen LogP contribution in [-0.4, -0.2) is 57.6 Å². The van der Waals surface area contributed by atoms with E-state index in [-0.39, 0.29) is 34.7 Å². The first-order valence-electron chi connectivity index (χ1n) is 11.0. The van der Waals surface area contributed by atoms with E-state index in [2.05, 4.69) is 31.5 Å². The third kappa shape index (κ3) is 6.73. The van der Waals surface area contributed by atoms with Crippen LogP contribution in [0.15, 0.2) is 29.0 Å². The fraction of sp³-hybridized carbons (Fsp3) is 0.478. The summed E-state index contributed by atoms with van der Waals surface area (Å²) in [5.41, 5.74) is 0.264. The van der Waals surface area contributed by atoms with E-state index in [1.165, 1.54) is 12.3 Å². The number of amides is 3. The van der Waals surface area contributed by atoms with Gasteiger partial charge in [-0.2, -0.15) is 0 Å². The Morgan fingerprint density at radius 2 is 1.88 bits per heavy atom. The number of nitrogens with one attached hydrogen (secondary N) is 2. The maximum Gasteiger partial charge on any atom is 0.410 e. The Morgan fingerprint density at radius 3 is 2.44 bits per heavy atom.